The first-order valence-electron chi connectivity index (χ1n) is 4.88. The number of hydrogen-bond donors (Lipinski definition) is 0. The third-order valence-corrected chi connectivity index (χ3v) is 2.35. The molecular weight excluding hydrogens is 176 g/mol. The predicted octanol–water partition coefficient (Wildman–Crippen LogP) is 2.10. The highest BCUT2D eigenvalue weighted by molar-refractivity contribution is 4.75. The average molecular weight is 193 g/mol. The summed E-state index contributed by atoms with van der Waals surface area (Å²) >= 11 is 0. The highest BCUT2D eigenvalue weighted by Crippen LogP contribution is 2.15. The molecular formula is C9H17F2NO. The second-order valence-electron chi connectivity index (χ2n) is 3.46. The molecule has 1 atom stereocenters. The molecule has 2 nitrogen and oxygen atoms in total. The SMILES string of the molecule is CCCCN1CC[C@H](OC(F)F)C1. The minimum atomic E-state index is -2.61. The molecule has 0 bridgehead atoms. The lowest BCUT2D eigenvalue weighted by atomic mass is 10.3. The summed E-state index contributed by atoms with van der Waals surface area (Å²) in [5.74, 6) is 0. The Labute approximate surface area is 77.9 Å². The Balaban J connectivity index is 2.12. The maximum Gasteiger partial charge on any atom is 0.345 e. The summed E-state index contributed by atoms with van der Waals surface area (Å²) in [6, 6.07) is 0. The summed E-state index contributed by atoms with van der Waals surface area (Å²) in [7, 11) is 0. The van der Waals surface area contributed by atoms with Gasteiger partial charge in [-0.05, 0) is 19.4 Å². The van der Waals surface area contributed by atoms with Crippen molar-refractivity contribution in [3.63, 3.8) is 0 Å². The number of hydrogen-bond acceptors (Lipinski definition) is 2. The highest BCUT2D eigenvalue weighted by atomic mass is 19.3. The molecule has 0 aromatic rings. The third kappa shape index (κ3) is 4.00. The lowest BCUT2D eigenvalue weighted by Crippen LogP contribution is -2.25. The molecule has 0 spiro atoms. The van der Waals surface area contributed by atoms with E-state index in [-0.39, 0.29) is 6.10 Å². The van der Waals surface area contributed by atoms with Gasteiger partial charge in [0.05, 0.1) is 6.10 Å². The second kappa shape index (κ2) is 5.50. The van der Waals surface area contributed by atoms with Gasteiger partial charge >= 0.3 is 6.61 Å². The maximum absolute atomic E-state index is 11.8. The predicted molar refractivity (Wildman–Crippen MR) is 46.8 cm³/mol. The zero-order valence-corrected chi connectivity index (χ0v) is 8.01. The first-order chi connectivity index (χ1) is 6.22. The molecule has 1 fully saturated rings. The van der Waals surface area contributed by atoms with Crippen LogP contribution in [0.15, 0.2) is 0 Å². The van der Waals surface area contributed by atoms with Gasteiger partial charge in [-0.15, -0.1) is 0 Å². The van der Waals surface area contributed by atoms with E-state index in [0.717, 1.165) is 32.4 Å². The van der Waals surface area contributed by atoms with E-state index in [1.54, 1.807) is 0 Å². The Bertz CT molecular complexity index is 144. The molecule has 0 aliphatic carbocycles. The Kier molecular flexibility index (Phi) is 4.59. The van der Waals surface area contributed by atoms with Crippen LogP contribution in [0.4, 0.5) is 8.78 Å². The van der Waals surface area contributed by atoms with Crippen LogP contribution in [-0.4, -0.2) is 37.2 Å². The number of likely N-dealkylation sites (tertiary alicyclic amines) is 1. The monoisotopic (exact) mass is 193 g/mol. The van der Waals surface area contributed by atoms with Crippen molar-refractivity contribution in [3.8, 4) is 0 Å². The Morgan fingerprint density at radius 2 is 2.31 bits per heavy atom. The van der Waals surface area contributed by atoms with Crippen LogP contribution in [0.5, 0.6) is 0 Å². The molecule has 4 heteroatoms. The lowest BCUT2D eigenvalue weighted by Gasteiger charge is -2.15. The van der Waals surface area contributed by atoms with Crippen LogP contribution in [-0.2, 0) is 4.74 Å². The van der Waals surface area contributed by atoms with Gasteiger partial charge in [-0.25, -0.2) is 0 Å². The summed E-state index contributed by atoms with van der Waals surface area (Å²) in [4.78, 5) is 2.19. The molecule has 1 aliphatic heterocycles. The van der Waals surface area contributed by atoms with Gasteiger partial charge < -0.3 is 9.64 Å². The zero-order chi connectivity index (χ0) is 9.68. The normalized spacial score (nSPS) is 24.5. The van der Waals surface area contributed by atoms with Crippen molar-refractivity contribution in [1.82, 2.24) is 4.90 Å². The molecule has 1 aliphatic rings. The standard InChI is InChI=1S/C9H17F2NO/c1-2-3-5-12-6-4-8(7-12)13-9(10)11/h8-9H,2-7H2,1H3/t8-/m0/s1. The molecule has 0 N–H and O–H groups in total. The van der Waals surface area contributed by atoms with E-state index < -0.39 is 6.61 Å². The smallest absolute Gasteiger partial charge is 0.318 e. The fraction of sp³-hybridized carbons (Fsp3) is 1.00. The first-order valence-corrected chi connectivity index (χ1v) is 4.88. The van der Waals surface area contributed by atoms with Gasteiger partial charge in [0.1, 0.15) is 0 Å². The molecule has 0 unspecified atom stereocenters. The second-order valence-corrected chi connectivity index (χ2v) is 3.46. The summed E-state index contributed by atoms with van der Waals surface area (Å²) in [6.07, 6.45) is 2.78. The molecule has 0 radical (unpaired) electrons. The number of halogens is 2. The van der Waals surface area contributed by atoms with Crippen molar-refractivity contribution < 1.29 is 13.5 Å². The van der Waals surface area contributed by atoms with Gasteiger partial charge in [0.2, 0.25) is 0 Å². The van der Waals surface area contributed by atoms with Crippen LogP contribution >= 0.6 is 0 Å². The van der Waals surface area contributed by atoms with Gasteiger partial charge in [-0.3, -0.25) is 0 Å². The van der Waals surface area contributed by atoms with Gasteiger partial charge in [-0.1, -0.05) is 13.3 Å². The van der Waals surface area contributed by atoms with Crippen LogP contribution in [0.1, 0.15) is 26.2 Å². The Morgan fingerprint density at radius 1 is 1.54 bits per heavy atom. The lowest BCUT2D eigenvalue weighted by molar-refractivity contribution is -0.158. The maximum atomic E-state index is 11.8. The van der Waals surface area contributed by atoms with E-state index in [9.17, 15) is 8.78 Å². The molecule has 0 amide bonds. The largest absolute Gasteiger partial charge is 0.345 e. The van der Waals surface area contributed by atoms with Crippen LogP contribution in [0, 0.1) is 0 Å². The van der Waals surface area contributed by atoms with Gasteiger partial charge in [0, 0.05) is 13.1 Å². The van der Waals surface area contributed by atoms with Crippen molar-refractivity contribution in [2.75, 3.05) is 19.6 Å². The minimum absolute atomic E-state index is 0.253. The van der Waals surface area contributed by atoms with E-state index in [2.05, 4.69) is 16.6 Å². The zero-order valence-electron chi connectivity index (χ0n) is 8.01. The van der Waals surface area contributed by atoms with Crippen LogP contribution < -0.4 is 0 Å². The van der Waals surface area contributed by atoms with Crippen LogP contribution in [0.3, 0.4) is 0 Å². The topological polar surface area (TPSA) is 12.5 Å². The van der Waals surface area contributed by atoms with Crippen molar-refractivity contribution in [2.24, 2.45) is 0 Å². The summed E-state index contributed by atoms with van der Waals surface area (Å²) in [5.41, 5.74) is 0. The summed E-state index contributed by atoms with van der Waals surface area (Å²) < 4.78 is 28.1. The quantitative estimate of drug-likeness (QED) is 0.663. The third-order valence-electron chi connectivity index (χ3n) is 2.35. The van der Waals surface area contributed by atoms with E-state index in [0.29, 0.717) is 6.54 Å². The highest BCUT2D eigenvalue weighted by Gasteiger charge is 2.24. The van der Waals surface area contributed by atoms with Gasteiger partial charge in [-0.2, -0.15) is 8.78 Å². The molecule has 0 aromatic carbocycles. The Hall–Kier alpha value is -0.220. The number of alkyl halides is 2. The van der Waals surface area contributed by atoms with Gasteiger partial charge in [0.25, 0.3) is 0 Å². The number of rotatable bonds is 5. The van der Waals surface area contributed by atoms with Crippen molar-refractivity contribution in [3.05, 3.63) is 0 Å². The van der Waals surface area contributed by atoms with E-state index in [1.165, 1.54) is 0 Å². The molecule has 0 aromatic heterocycles. The van der Waals surface area contributed by atoms with Crippen molar-refractivity contribution in [1.29, 1.82) is 0 Å². The average Bonchev–Trinajstić information content (AvgIpc) is 2.48. The molecule has 1 saturated heterocycles. The summed E-state index contributed by atoms with van der Waals surface area (Å²) in [6.45, 7) is 2.10. The number of nitrogens with zero attached hydrogens (tertiary/aromatic N) is 1. The fourth-order valence-corrected chi connectivity index (χ4v) is 1.64. The first kappa shape index (κ1) is 10.9. The Morgan fingerprint density at radius 3 is 2.92 bits per heavy atom. The number of unbranched alkanes of at least 4 members (excludes halogenated alkanes) is 1. The molecule has 13 heavy (non-hydrogen) atoms. The molecule has 0 saturated carbocycles. The molecule has 1 rings (SSSR count). The molecule has 78 valence electrons. The van der Waals surface area contributed by atoms with E-state index in [4.69, 9.17) is 0 Å². The number of ether oxygens (including phenoxy) is 1. The van der Waals surface area contributed by atoms with Gasteiger partial charge in [0.15, 0.2) is 0 Å². The molecule has 1 heterocycles. The summed E-state index contributed by atoms with van der Waals surface area (Å²) in [5, 5.41) is 0. The fourth-order valence-electron chi connectivity index (χ4n) is 1.64. The van der Waals surface area contributed by atoms with Crippen molar-refractivity contribution >= 4 is 0 Å². The van der Waals surface area contributed by atoms with E-state index in [1.807, 2.05) is 0 Å². The van der Waals surface area contributed by atoms with Crippen LogP contribution in [0.25, 0.3) is 0 Å². The van der Waals surface area contributed by atoms with E-state index >= 15 is 0 Å². The minimum Gasteiger partial charge on any atom is -0.318 e. The van der Waals surface area contributed by atoms with Crippen molar-refractivity contribution in [2.45, 2.75) is 38.9 Å². The van der Waals surface area contributed by atoms with Crippen LogP contribution in [0.2, 0.25) is 0 Å².